The Morgan fingerprint density at radius 2 is 1.57 bits per heavy atom. The summed E-state index contributed by atoms with van der Waals surface area (Å²) in [5.74, 6) is 0.866. The van der Waals surface area contributed by atoms with Gasteiger partial charge in [-0.05, 0) is 61.1 Å². The fourth-order valence-corrected chi connectivity index (χ4v) is 3.26. The predicted octanol–water partition coefficient (Wildman–Crippen LogP) is 4.30. The SMILES string of the molecule is CCOC(=O)c1ccc(-c2ccc(OCC3CCN(C(=O)O)CC3)cc2)cc1. The van der Waals surface area contributed by atoms with Crippen LogP contribution in [0.15, 0.2) is 48.5 Å². The minimum Gasteiger partial charge on any atom is -0.493 e. The van der Waals surface area contributed by atoms with Gasteiger partial charge in [-0.2, -0.15) is 0 Å². The lowest BCUT2D eigenvalue weighted by atomic mass is 9.98. The van der Waals surface area contributed by atoms with Gasteiger partial charge in [0, 0.05) is 13.1 Å². The average Bonchev–Trinajstić information content (AvgIpc) is 2.73. The third kappa shape index (κ3) is 5.03. The first-order valence-corrected chi connectivity index (χ1v) is 9.55. The quantitative estimate of drug-likeness (QED) is 0.753. The van der Waals surface area contributed by atoms with Gasteiger partial charge in [0.1, 0.15) is 5.75 Å². The van der Waals surface area contributed by atoms with Crippen LogP contribution in [-0.4, -0.2) is 48.4 Å². The summed E-state index contributed by atoms with van der Waals surface area (Å²) >= 11 is 0. The zero-order valence-corrected chi connectivity index (χ0v) is 16.0. The third-order valence-corrected chi connectivity index (χ3v) is 4.95. The van der Waals surface area contributed by atoms with E-state index in [1.165, 1.54) is 4.90 Å². The molecule has 1 amide bonds. The molecule has 28 heavy (non-hydrogen) atoms. The van der Waals surface area contributed by atoms with Crippen molar-refractivity contribution in [3.05, 3.63) is 54.1 Å². The first kappa shape index (κ1) is 19.7. The number of hydrogen-bond acceptors (Lipinski definition) is 4. The first-order chi connectivity index (χ1) is 13.6. The van der Waals surface area contributed by atoms with Gasteiger partial charge in [-0.1, -0.05) is 24.3 Å². The number of rotatable bonds is 6. The van der Waals surface area contributed by atoms with E-state index in [1.54, 1.807) is 19.1 Å². The lowest BCUT2D eigenvalue weighted by Crippen LogP contribution is -2.38. The second kappa shape index (κ2) is 9.26. The maximum Gasteiger partial charge on any atom is 0.407 e. The Bertz CT molecular complexity index is 793. The van der Waals surface area contributed by atoms with Gasteiger partial charge in [0.25, 0.3) is 0 Å². The number of ether oxygens (including phenoxy) is 2. The maximum atomic E-state index is 11.7. The van der Waals surface area contributed by atoms with Crippen LogP contribution in [0.25, 0.3) is 11.1 Å². The van der Waals surface area contributed by atoms with Crippen molar-refractivity contribution in [3.63, 3.8) is 0 Å². The first-order valence-electron chi connectivity index (χ1n) is 9.55. The summed E-state index contributed by atoms with van der Waals surface area (Å²) in [5.41, 5.74) is 2.60. The van der Waals surface area contributed by atoms with Crippen molar-refractivity contribution in [3.8, 4) is 16.9 Å². The molecule has 3 rings (SSSR count). The number of benzene rings is 2. The van der Waals surface area contributed by atoms with E-state index in [0.29, 0.717) is 37.8 Å². The number of esters is 1. The van der Waals surface area contributed by atoms with E-state index in [-0.39, 0.29) is 5.97 Å². The fourth-order valence-electron chi connectivity index (χ4n) is 3.26. The van der Waals surface area contributed by atoms with Crippen LogP contribution in [0, 0.1) is 5.92 Å². The lowest BCUT2D eigenvalue weighted by molar-refractivity contribution is 0.0526. The summed E-state index contributed by atoms with van der Waals surface area (Å²) in [6.45, 7) is 3.89. The van der Waals surface area contributed by atoms with Crippen molar-refractivity contribution in [2.75, 3.05) is 26.3 Å². The molecule has 2 aromatic carbocycles. The van der Waals surface area contributed by atoms with Crippen molar-refractivity contribution in [2.45, 2.75) is 19.8 Å². The number of likely N-dealkylation sites (tertiary alicyclic amines) is 1. The highest BCUT2D eigenvalue weighted by molar-refractivity contribution is 5.90. The van der Waals surface area contributed by atoms with Crippen LogP contribution in [0.5, 0.6) is 5.75 Å². The van der Waals surface area contributed by atoms with Crippen LogP contribution in [0.3, 0.4) is 0 Å². The van der Waals surface area contributed by atoms with Gasteiger partial charge in [-0.3, -0.25) is 0 Å². The summed E-state index contributed by atoms with van der Waals surface area (Å²) in [5, 5.41) is 8.99. The molecule has 0 spiro atoms. The number of carboxylic acid groups (broad SMARTS) is 1. The van der Waals surface area contributed by atoms with E-state index in [1.807, 2.05) is 36.4 Å². The average molecular weight is 383 g/mol. The number of amides is 1. The molecule has 0 saturated carbocycles. The van der Waals surface area contributed by atoms with Crippen LogP contribution < -0.4 is 4.74 Å². The Hall–Kier alpha value is -3.02. The molecule has 2 aromatic rings. The molecule has 0 aliphatic carbocycles. The van der Waals surface area contributed by atoms with E-state index in [0.717, 1.165) is 29.7 Å². The second-order valence-electron chi connectivity index (χ2n) is 6.85. The highest BCUT2D eigenvalue weighted by Gasteiger charge is 2.22. The maximum absolute atomic E-state index is 11.7. The Kier molecular flexibility index (Phi) is 6.53. The van der Waals surface area contributed by atoms with Crippen molar-refractivity contribution in [1.82, 2.24) is 4.90 Å². The fraction of sp³-hybridized carbons (Fsp3) is 0.364. The Morgan fingerprint density at radius 1 is 1.00 bits per heavy atom. The molecule has 0 unspecified atom stereocenters. The van der Waals surface area contributed by atoms with Crippen LogP contribution in [-0.2, 0) is 4.74 Å². The number of hydrogen-bond donors (Lipinski definition) is 1. The zero-order chi connectivity index (χ0) is 19.9. The molecule has 148 valence electrons. The molecule has 6 heteroatoms. The van der Waals surface area contributed by atoms with Crippen molar-refractivity contribution >= 4 is 12.1 Å². The molecule has 1 aliphatic rings. The van der Waals surface area contributed by atoms with Gasteiger partial charge >= 0.3 is 12.1 Å². The minimum absolute atomic E-state index is 0.313. The highest BCUT2D eigenvalue weighted by atomic mass is 16.5. The Labute approximate surface area is 164 Å². The molecule has 1 heterocycles. The molecule has 0 bridgehead atoms. The summed E-state index contributed by atoms with van der Waals surface area (Å²) in [4.78, 5) is 24.1. The Morgan fingerprint density at radius 3 is 2.11 bits per heavy atom. The monoisotopic (exact) mass is 383 g/mol. The molecule has 1 saturated heterocycles. The van der Waals surface area contributed by atoms with Crippen molar-refractivity contribution in [2.24, 2.45) is 5.92 Å². The van der Waals surface area contributed by atoms with Crippen LogP contribution >= 0.6 is 0 Å². The molecule has 1 fully saturated rings. The van der Waals surface area contributed by atoms with E-state index in [2.05, 4.69) is 0 Å². The molecular weight excluding hydrogens is 358 g/mol. The highest BCUT2D eigenvalue weighted by Crippen LogP contribution is 2.24. The lowest BCUT2D eigenvalue weighted by Gasteiger charge is -2.29. The van der Waals surface area contributed by atoms with Crippen molar-refractivity contribution < 1.29 is 24.2 Å². The zero-order valence-electron chi connectivity index (χ0n) is 16.0. The number of nitrogens with zero attached hydrogens (tertiary/aromatic N) is 1. The molecule has 0 radical (unpaired) electrons. The van der Waals surface area contributed by atoms with E-state index < -0.39 is 6.09 Å². The predicted molar refractivity (Wildman–Crippen MR) is 106 cm³/mol. The number of carbonyl (C=O) groups excluding carboxylic acids is 1. The molecule has 0 atom stereocenters. The van der Waals surface area contributed by atoms with Gasteiger partial charge in [-0.15, -0.1) is 0 Å². The molecule has 6 nitrogen and oxygen atoms in total. The van der Waals surface area contributed by atoms with Gasteiger partial charge in [0.2, 0.25) is 0 Å². The van der Waals surface area contributed by atoms with Gasteiger partial charge < -0.3 is 19.5 Å². The minimum atomic E-state index is -0.842. The standard InChI is InChI=1S/C22H25NO5/c1-2-27-21(24)19-5-3-17(4-6-19)18-7-9-20(10-8-18)28-15-16-11-13-23(14-12-16)22(25)26/h3-10,16H,2,11-15H2,1H3,(H,25,26). The molecular formula is C22H25NO5. The summed E-state index contributed by atoms with van der Waals surface area (Å²) in [6.07, 6.45) is 0.819. The molecule has 1 aliphatic heterocycles. The van der Waals surface area contributed by atoms with Crippen LogP contribution in [0.2, 0.25) is 0 Å². The summed E-state index contributed by atoms with van der Waals surface area (Å²) in [7, 11) is 0. The normalized spacial score (nSPS) is 14.5. The third-order valence-electron chi connectivity index (χ3n) is 4.95. The van der Waals surface area contributed by atoms with Crippen LogP contribution in [0.4, 0.5) is 4.79 Å². The second-order valence-corrected chi connectivity index (χ2v) is 6.85. The van der Waals surface area contributed by atoms with E-state index >= 15 is 0 Å². The topological polar surface area (TPSA) is 76.1 Å². The smallest absolute Gasteiger partial charge is 0.407 e. The molecule has 1 N–H and O–H groups in total. The summed E-state index contributed by atoms with van der Waals surface area (Å²) < 4.78 is 10.9. The van der Waals surface area contributed by atoms with Gasteiger partial charge in [0.05, 0.1) is 18.8 Å². The van der Waals surface area contributed by atoms with Crippen LogP contribution in [0.1, 0.15) is 30.1 Å². The van der Waals surface area contributed by atoms with Gasteiger partial charge in [-0.25, -0.2) is 9.59 Å². The Balaban J connectivity index is 1.52. The van der Waals surface area contributed by atoms with Crippen molar-refractivity contribution in [1.29, 1.82) is 0 Å². The molecule has 0 aromatic heterocycles. The van der Waals surface area contributed by atoms with E-state index in [4.69, 9.17) is 14.6 Å². The number of piperidine rings is 1. The van der Waals surface area contributed by atoms with E-state index in [9.17, 15) is 9.59 Å². The van der Waals surface area contributed by atoms with Gasteiger partial charge in [0.15, 0.2) is 0 Å². The number of carbonyl (C=O) groups is 2. The largest absolute Gasteiger partial charge is 0.493 e. The summed E-state index contributed by atoms with van der Waals surface area (Å²) in [6, 6.07) is 15.2.